The highest BCUT2D eigenvalue weighted by atomic mass is 32.2. The molecule has 0 radical (unpaired) electrons. The Kier molecular flexibility index (Phi) is 7.42. The van der Waals surface area contributed by atoms with E-state index in [2.05, 4.69) is 39.2 Å². The molecule has 0 fully saturated rings. The summed E-state index contributed by atoms with van der Waals surface area (Å²) in [6.07, 6.45) is 0.657. The molecule has 1 aliphatic carbocycles. The molecule has 0 unspecified atom stereocenters. The van der Waals surface area contributed by atoms with Crippen LogP contribution in [-0.4, -0.2) is 47.0 Å². The highest BCUT2D eigenvalue weighted by Crippen LogP contribution is 2.44. The molecule has 7 nitrogen and oxygen atoms in total. The summed E-state index contributed by atoms with van der Waals surface area (Å²) in [6, 6.07) is 22.2. The third-order valence-electron chi connectivity index (χ3n) is 6.28. The van der Waals surface area contributed by atoms with Gasteiger partial charge in [0.05, 0.1) is 6.26 Å². The zero-order valence-electron chi connectivity index (χ0n) is 20.2. The number of amides is 1. The van der Waals surface area contributed by atoms with Crippen LogP contribution in [0.5, 0.6) is 0 Å². The molecule has 35 heavy (non-hydrogen) atoms. The predicted molar refractivity (Wildman–Crippen MR) is 141 cm³/mol. The fraction of sp³-hybridized carbons (Fsp3) is 0.296. The molecule has 3 aromatic rings. The van der Waals surface area contributed by atoms with Gasteiger partial charge in [-0.2, -0.15) is 0 Å². The summed E-state index contributed by atoms with van der Waals surface area (Å²) in [4.78, 5) is 14.7. The van der Waals surface area contributed by atoms with Crippen molar-refractivity contribution in [2.45, 2.75) is 19.8 Å². The van der Waals surface area contributed by atoms with Crippen LogP contribution < -0.4 is 14.9 Å². The first-order valence-corrected chi connectivity index (χ1v) is 13.6. The van der Waals surface area contributed by atoms with Gasteiger partial charge in [-0.05, 0) is 59.9 Å². The van der Waals surface area contributed by atoms with E-state index >= 15 is 0 Å². The van der Waals surface area contributed by atoms with Gasteiger partial charge in [0.15, 0.2) is 0 Å². The van der Waals surface area contributed by atoms with Crippen LogP contribution in [0.25, 0.3) is 11.1 Å². The molecule has 1 aliphatic rings. The number of sulfonamides is 1. The van der Waals surface area contributed by atoms with Gasteiger partial charge in [0.2, 0.25) is 10.0 Å². The number of anilines is 2. The number of likely N-dealkylation sites (N-methyl/N-ethyl adjacent to an activating group) is 1. The molecule has 0 saturated carbocycles. The van der Waals surface area contributed by atoms with Crippen molar-refractivity contribution < 1.29 is 17.9 Å². The fourth-order valence-corrected chi connectivity index (χ4v) is 5.03. The lowest BCUT2D eigenvalue weighted by Gasteiger charge is -2.24. The van der Waals surface area contributed by atoms with E-state index in [9.17, 15) is 13.2 Å². The van der Waals surface area contributed by atoms with Crippen molar-refractivity contribution >= 4 is 27.5 Å². The van der Waals surface area contributed by atoms with Gasteiger partial charge in [0, 0.05) is 36.9 Å². The van der Waals surface area contributed by atoms with Gasteiger partial charge >= 0.3 is 6.09 Å². The third-order valence-corrected chi connectivity index (χ3v) is 7.01. The number of fused-ring (bicyclic) bond motifs is 3. The highest BCUT2D eigenvalue weighted by molar-refractivity contribution is 7.88. The standard InChI is InChI=1S/C27H31N3O4S/c1-4-30(16-15-28-35(3,32)33)20-13-14-26(19(2)17-20)29-27(31)34-18-25-23-11-7-5-9-21(23)22-10-6-8-12-24(22)25/h5-14,17,25,28H,4,15-16,18H2,1-3H3,(H,29,31). The van der Waals surface area contributed by atoms with E-state index in [1.807, 2.05) is 56.3 Å². The van der Waals surface area contributed by atoms with Gasteiger partial charge in [0.25, 0.3) is 0 Å². The summed E-state index contributed by atoms with van der Waals surface area (Å²) in [5, 5.41) is 2.86. The van der Waals surface area contributed by atoms with Crippen LogP contribution in [0.4, 0.5) is 16.2 Å². The molecule has 0 bridgehead atoms. The first-order chi connectivity index (χ1) is 16.8. The number of ether oxygens (including phenoxy) is 1. The Labute approximate surface area is 207 Å². The monoisotopic (exact) mass is 493 g/mol. The predicted octanol–water partition coefficient (Wildman–Crippen LogP) is 4.73. The molecular formula is C27H31N3O4S. The summed E-state index contributed by atoms with van der Waals surface area (Å²) >= 11 is 0. The van der Waals surface area contributed by atoms with E-state index in [4.69, 9.17) is 4.74 Å². The second-order valence-corrected chi connectivity index (χ2v) is 10.5. The van der Waals surface area contributed by atoms with Crippen LogP contribution >= 0.6 is 0 Å². The molecule has 1 amide bonds. The lowest BCUT2D eigenvalue weighted by Crippen LogP contribution is -2.34. The second-order valence-electron chi connectivity index (χ2n) is 8.70. The van der Waals surface area contributed by atoms with Crippen LogP contribution in [-0.2, 0) is 14.8 Å². The number of nitrogens with zero attached hydrogens (tertiary/aromatic N) is 1. The van der Waals surface area contributed by atoms with E-state index in [1.165, 1.54) is 22.3 Å². The fourth-order valence-electron chi connectivity index (χ4n) is 4.57. The van der Waals surface area contributed by atoms with Crippen LogP contribution in [0.1, 0.15) is 29.5 Å². The summed E-state index contributed by atoms with van der Waals surface area (Å²) < 4.78 is 30.8. The average Bonchev–Trinajstić information content (AvgIpc) is 3.15. The number of nitrogens with one attached hydrogen (secondary N) is 2. The minimum Gasteiger partial charge on any atom is -0.448 e. The molecule has 0 saturated heterocycles. The summed E-state index contributed by atoms with van der Waals surface area (Å²) in [7, 11) is -3.22. The van der Waals surface area contributed by atoms with Gasteiger partial charge in [-0.1, -0.05) is 48.5 Å². The molecule has 0 aromatic heterocycles. The molecule has 0 atom stereocenters. The van der Waals surface area contributed by atoms with Gasteiger partial charge in [-0.3, -0.25) is 5.32 Å². The summed E-state index contributed by atoms with van der Waals surface area (Å²) in [5.74, 6) is 0.00952. The first-order valence-electron chi connectivity index (χ1n) is 11.7. The molecule has 4 rings (SSSR count). The maximum absolute atomic E-state index is 12.6. The zero-order chi connectivity index (χ0) is 25.0. The number of hydrogen-bond acceptors (Lipinski definition) is 5. The van der Waals surface area contributed by atoms with Crippen LogP contribution in [0.15, 0.2) is 66.7 Å². The number of carbonyl (C=O) groups excluding carboxylic acids is 1. The summed E-state index contributed by atoms with van der Waals surface area (Å²) in [6.45, 7) is 5.79. The van der Waals surface area contributed by atoms with Crippen LogP contribution in [0.3, 0.4) is 0 Å². The normalized spacial score (nSPS) is 12.7. The number of aryl methyl sites for hydroxylation is 1. The SMILES string of the molecule is CCN(CCNS(C)(=O)=O)c1ccc(NC(=O)OCC2c3ccccc3-c3ccccc32)c(C)c1. The Hall–Kier alpha value is -3.36. The molecule has 184 valence electrons. The van der Waals surface area contributed by atoms with Crippen molar-refractivity contribution in [3.8, 4) is 11.1 Å². The zero-order valence-corrected chi connectivity index (χ0v) is 21.1. The van der Waals surface area contributed by atoms with Gasteiger partial charge in [-0.25, -0.2) is 17.9 Å². The highest BCUT2D eigenvalue weighted by Gasteiger charge is 2.29. The molecule has 0 spiro atoms. The van der Waals surface area contributed by atoms with E-state index < -0.39 is 16.1 Å². The molecule has 3 aromatic carbocycles. The van der Waals surface area contributed by atoms with E-state index in [0.29, 0.717) is 18.8 Å². The Bertz CT molecular complexity index is 1280. The Morgan fingerprint density at radius 3 is 2.20 bits per heavy atom. The second kappa shape index (κ2) is 10.5. The lowest BCUT2D eigenvalue weighted by atomic mass is 9.98. The molecule has 2 N–H and O–H groups in total. The van der Waals surface area contributed by atoms with E-state index in [-0.39, 0.29) is 12.5 Å². The van der Waals surface area contributed by atoms with Crippen molar-refractivity contribution in [3.05, 3.63) is 83.4 Å². The number of rotatable bonds is 9. The van der Waals surface area contributed by atoms with Crippen molar-refractivity contribution in [1.29, 1.82) is 0 Å². The van der Waals surface area contributed by atoms with Crippen molar-refractivity contribution in [2.24, 2.45) is 0 Å². The van der Waals surface area contributed by atoms with Gasteiger partial charge in [-0.15, -0.1) is 0 Å². The molecule has 8 heteroatoms. The largest absolute Gasteiger partial charge is 0.448 e. The maximum Gasteiger partial charge on any atom is 0.411 e. The van der Waals surface area contributed by atoms with E-state index in [1.54, 1.807) is 0 Å². The number of hydrogen-bond donors (Lipinski definition) is 2. The smallest absolute Gasteiger partial charge is 0.411 e. The molecular weight excluding hydrogens is 462 g/mol. The maximum atomic E-state index is 12.6. The average molecular weight is 494 g/mol. The number of benzene rings is 3. The van der Waals surface area contributed by atoms with Crippen molar-refractivity contribution in [2.75, 3.05) is 42.7 Å². The number of carbonyl (C=O) groups is 1. The van der Waals surface area contributed by atoms with E-state index in [0.717, 1.165) is 24.1 Å². The minimum absolute atomic E-state index is 0.00952. The Morgan fingerprint density at radius 2 is 1.63 bits per heavy atom. The van der Waals surface area contributed by atoms with Crippen molar-refractivity contribution in [3.63, 3.8) is 0 Å². The van der Waals surface area contributed by atoms with Gasteiger partial charge in [0.1, 0.15) is 6.61 Å². The Morgan fingerprint density at radius 1 is 1.00 bits per heavy atom. The molecule has 0 aliphatic heterocycles. The first kappa shape index (κ1) is 24.8. The van der Waals surface area contributed by atoms with Crippen molar-refractivity contribution in [1.82, 2.24) is 4.72 Å². The third kappa shape index (κ3) is 5.83. The van der Waals surface area contributed by atoms with Crippen LogP contribution in [0.2, 0.25) is 0 Å². The van der Waals surface area contributed by atoms with Gasteiger partial charge < -0.3 is 9.64 Å². The quantitative estimate of drug-likeness (QED) is 0.450. The molecule has 0 heterocycles. The minimum atomic E-state index is -3.22. The van der Waals surface area contributed by atoms with Crippen LogP contribution in [0, 0.1) is 6.92 Å². The summed E-state index contributed by atoms with van der Waals surface area (Å²) in [5.41, 5.74) is 7.26. The topological polar surface area (TPSA) is 87.7 Å². The Balaban J connectivity index is 1.38. The lowest BCUT2D eigenvalue weighted by molar-refractivity contribution is 0.158.